The van der Waals surface area contributed by atoms with Crippen molar-refractivity contribution in [3.63, 3.8) is 0 Å². The highest BCUT2D eigenvalue weighted by molar-refractivity contribution is 8.00. The molecule has 8 nitrogen and oxygen atoms in total. The number of benzene rings is 1. The number of carbonyl (C=O) groups is 3. The zero-order chi connectivity index (χ0) is 22.9. The molecule has 2 saturated heterocycles. The first kappa shape index (κ1) is 22.7. The van der Waals surface area contributed by atoms with Gasteiger partial charge >= 0.3 is 6.03 Å². The smallest absolute Gasteiger partial charge is 0.315 e. The number of unbranched alkanes of at least 4 members (excludes halogenated alkanes) is 1. The van der Waals surface area contributed by atoms with Crippen LogP contribution in [0.15, 0.2) is 24.3 Å². The van der Waals surface area contributed by atoms with Crippen LogP contribution in [0.5, 0.6) is 0 Å². The summed E-state index contributed by atoms with van der Waals surface area (Å²) in [7, 11) is 0. The second-order valence-electron chi connectivity index (χ2n) is 8.80. The summed E-state index contributed by atoms with van der Waals surface area (Å²) in [5, 5.41) is 20.7. The number of rotatable bonds is 8. The van der Waals surface area contributed by atoms with Crippen molar-refractivity contribution in [3.05, 3.63) is 41.0 Å². The fraction of sp³-hybridized carbons (Fsp3) is 0.522. The van der Waals surface area contributed by atoms with Gasteiger partial charge in [-0.05, 0) is 30.0 Å². The van der Waals surface area contributed by atoms with Gasteiger partial charge in [0.1, 0.15) is 0 Å². The average molecular weight is 459 g/mol. The molecule has 3 aliphatic rings. The molecule has 2 heterocycles. The average Bonchev–Trinajstić information content (AvgIpc) is 3.30. The molecule has 172 valence electrons. The Balaban J connectivity index is 1.63. The lowest BCUT2D eigenvalue weighted by molar-refractivity contribution is -0.122. The maximum atomic E-state index is 12.7. The first-order chi connectivity index (χ1) is 15.3. The number of urea groups is 1. The highest BCUT2D eigenvalue weighted by Crippen LogP contribution is 2.42. The van der Waals surface area contributed by atoms with E-state index in [9.17, 15) is 19.5 Å². The number of hydrogen-bond acceptors (Lipinski definition) is 5. The second-order valence-corrected chi connectivity index (χ2v) is 10.0. The molecular weight excluding hydrogens is 428 g/mol. The van der Waals surface area contributed by atoms with E-state index in [1.165, 1.54) is 0 Å². The third kappa shape index (κ3) is 4.36. The maximum Gasteiger partial charge on any atom is 0.315 e. The molecule has 0 aromatic heterocycles. The predicted molar refractivity (Wildman–Crippen MR) is 124 cm³/mol. The minimum atomic E-state index is -1.27. The Morgan fingerprint density at radius 3 is 2.94 bits per heavy atom. The van der Waals surface area contributed by atoms with Gasteiger partial charge in [-0.25, -0.2) is 4.79 Å². The number of thioether (sulfide) groups is 1. The SMILES string of the molecule is CCCCC(=O)NC(CC1(O)CC=Cc2c(C(N)=O)cccc21)[C@@H]1SC[C@@H]2NC(=O)N[C@@H]21. The summed E-state index contributed by atoms with van der Waals surface area (Å²) < 4.78 is 0. The molecule has 1 aromatic carbocycles. The van der Waals surface area contributed by atoms with Crippen molar-refractivity contribution < 1.29 is 19.5 Å². The molecule has 0 bridgehead atoms. The Labute approximate surface area is 191 Å². The zero-order valence-electron chi connectivity index (χ0n) is 18.1. The van der Waals surface area contributed by atoms with Crippen LogP contribution in [0.25, 0.3) is 6.08 Å². The lowest BCUT2D eigenvalue weighted by Crippen LogP contribution is -2.53. The summed E-state index contributed by atoms with van der Waals surface area (Å²) in [5.74, 6) is 0.143. The summed E-state index contributed by atoms with van der Waals surface area (Å²) in [6.07, 6.45) is 6.41. The molecule has 32 heavy (non-hydrogen) atoms. The Morgan fingerprint density at radius 1 is 1.38 bits per heavy atom. The number of aliphatic hydroxyl groups is 1. The number of primary amides is 1. The number of nitrogens with two attached hydrogens (primary N) is 1. The number of fused-ring (bicyclic) bond motifs is 2. The van der Waals surface area contributed by atoms with Crippen LogP contribution in [0.2, 0.25) is 0 Å². The lowest BCUT2D eigenvalue weighted by Gasteiger charge is -2.38. The van der Waals surface area contributed by atoms with Crippen LogP contribution in [0.1, 0.15) is 60.5 Å². The normalized spacial score (nSPS) is 28.9. The van der Waals surface area contributed by atoms with E-state index >= 15 is 0 Å². The van der Waals surface area contributed by atoms with Gasteiger partial charge in [-0.15, -0.1) is 0 Å². The van der Waals surface area contributed by atoms with Crippen molar-refractivity contribution in [2.45, 2.75) is 68.0 Å². The van der Waals surface area contributed by atoms with E-state index in [0.29, 0.717) is 29.5 Å². The molecule has 1 aromatic rings. The number of carbonyl (C=O) groups excluding carboxylic acids is 3. The van der Waals surface area contributed by atoms with Gasteiger partial charge in [-0.2, -0.15) is 11.8 Å². The molecule has 4 amide bonds. The molecule has 2 unspecified atom stereocenters. The van der Waals surface area contributed by atoms with Gasteiger partial charge in [-0.1, -0.05) is 37.6 Å². The minimum Gasteiger partial charge on any atom is -0.385 e. The molecule has 1 aliphatic carbocycles. The topological polar surface area (TPSA) is 134 Å². The van der Waals surface area contributed by atoms with Crippen LogP contribution >= 0.6 is 11.8 Å². The van der Waals surface area contributed by atoms with Gasteiger partial charge in [0.25, 0.3) is 0 Å². The third-order valence-electron chi connectivity index (χ3n) is 6.54. The fourth-order valence-electron chi connectivity index (χ4n) is 4.96. The number of nitrogens with one attached hydrogen (secondary N) is 3. The molecule has 6 N–H and O–H groups in total. The summed E-state index contributed by atoms with van der Waals surface area (Å²) in [6.45, 7) is 2.03. The quantitative estimate of drug-likeness (QED) is 0.378. The second kappa shape index (κ2) is 9.15. The van der Waals surface area contributed by atoms with E-state index in [1.807, 2.05) is 25.1 Å². The summed E-state index contributed by atoms with van der Waals surface area (Å²) >= 11 is 1.69. The first-order valence-corrected chi connectivity index (χ1v) is 12.2. The Bertz CT molecular complexity index is 952. The number of amides is 4. The van der Waals surface area contributed by atoms with Gasteiger partial charge in [0.15, 0.2) is 0 Å². The fourth-order valence-corrected chi connectivity index (χ4v) is 6.54. The highest BCUT2D eigenvalue weighted by atomic mass is 32.2. The lowest BCUT2D eigenvalue weighted by atomic mass is 9.76. The van der Waals surface area contributed by atoms with E-state index in [4.69, 9.17) is 5.73 Å². The van der Waals surface area contributed by atoms with E-state index in [2.05, 4.69) is 16.0 Å². The maximum absolute atomic E-state index is 12.7. The van der Waals surface area contributed by atoms with Crippen LogP contribution < -0.4 is 21.7 Å². The monoisotopic (exact) mass is 458 g/mol. The van der Waals surface area contributed by atoms with Crippen molar-refractivity contribution in [1.82, 2.24) is 16.0 Å². The molecule has 0 spiro atoms. The Morgan fingerprint density at radius 2 is 2.19 bits per heavy atom. The molecule has 2 fully saturated rings. The Hall–Kier alpha value is -2.52. The van der Waals surface area contributed by atoms with Crippen molar-refractivity contribution in [2.75, 3.05) is 5.75 Å². The molecule has 0 saturated carbocycles. The van der Waals surface area contributed by atoms with Crippen molar-refractivity contribution in [1.29, 1.82) is 0 Å². The predicted octanol–water partition coefficient (Wildman–Crippen LogP) is 1.62. The third-order valence-corrected chi connectivity index (χ3v) is 8.10. The van der Waals surface area contributed by atoms with Gasteiger partial charge < -0.3 is 26.8 Å². The summed E-state index contributed by atoms with van der Waals surface area (Å²) in [4.78, 5) is 36.5. The van der Waals surface area contributed by atoms with Crippen LogP contribution in [0, 0.1) is 0 Å². The van der Waals surface area contributed by atoms with E-state index in [1.54, 1.807) is 23.9 Å². The van der Waals surface area contributed by atoms with Crippen molar-refractivity contribution in [2.24, 2.45) is 5.73 Å². The van der Waals surface area contributed by atoms with Gasteiger partial charge in [0.05, 0.1) is 17.7 Å². The first-order valence-electron chi connectivity index (χ1n) is 11.1. The van der Waals surface area contributed by atoms with Crippen LogP contribution in [-0.2, 0) is 10.4 Å². The van der Waals surface area contributed by atoms with Crippen LogP contribution in [0.4, 0.5) is 4.79 Å². The van der Waals surface area contributed by atoms with Gasteiger partial charge in [0, 0.05) is 35.4 Å². The van der Waals surface area contributed by atoms with Crippen molar-refractivity contribution in [3.8, 4) is 0 Å². The molecule has 0 radical (unpaired) electrons. The van der Waals surface area contributed by atoms with Crippen LogP contribution in [0.3, 0.4) is 0 Å². The van der Waals surface area contributed by atoms with E-state index < -0.39 is 11.5 Å². The molecular formula is C23H30N4O4S. The molecule has 9 heteroatoms. The van der Waals surface area contributed by atoms with Gasteiger partial charge in [-0.3, -0.25) is 9.59 Å². The highest BCUT2D eigenvalue weighted by Gasteiger charge is 2.49. The van der Waals surface area contributed by atoms with Crippen molar-refractivity contribution >= 4 is 35.7 Å². The number of hydrogen-bond donors (Lipinski definition) is 5. The summed E-state index contributed by atoms with van der Waals surface area (Å²) in [5.41, 5.74) is 5.90. The molecule has 4 rings (SSSR count). The standard InChI is InChI=1S/C23H30N4O4S/c1-2-3-9-18(28)25-16(20-19-17(12-32-20)26-22(30)27-19)11-23(31)10-5-7-13-14(21(24)29)6-4-8-15(13)23/h4-8,16-17,19-20,31H,2-3,9-12H2,1H3,(H2,24,29)(H,25,28)(H2,26,27,30)/t16?,17-,19-,20-,23?/m0/s1. The van der Waals surface area contributed by atoms with Gasteiger partial charge in [0.2, 0.25) is 11.8 Å². The van der Waals surface area contributed by atoms with E-state index in [-0.39, 0.29) is 41.7 Å². The summed E-state index contributed by atoms with van der Waals surface area (Å²) in [6, 6.07) is 4.51. The van der Waals surface area contributed by atoms with E-state index in [0.717, 1.165) is 18.6 Å². The molecule has 5 atom stereocenters. The van der Waals surface area contributed by atoms with Crippen LogP contribution in [-0.4, -0.2) is 52.1 Å². The zero-order valence-corrected chi connectivity index (χ0v) is 18.9. The molecule has 2 aliphatic heterocycles. The minimum absolute atomic E-state index is 0.00203. The Kier molecular flexibility index (Phi) is 6.48. The largest absolute Gasteiger partial charge is 0.385 e.